The molecule has 3 rings (SSSR count). The number of carbonyl (C=O) groups is 3. The van der Waals surface area contributed by atoms with Crippen molar-refractivity contribution < 1.29 is 19.1 Å². The van der Waals surface area contributed by atoms with E-state index in [-0.39, 0.29) is 11.6 Å². The number of nitrogens with one attached hydrogen (secondary N) is 2. The van der Waals surface area contributed by atoms with E-state index in [1.165, 1.54) is 24.8 Å². The number of ether oxygens (including phenoxy) is 1. The van der Waals surface area contributed by atoms with Gasteiger partial charge in [-0.15, -0.1) is 0 Å². The lowest BCUT2D eigenvalue weighted by molar-refractivity contribution is -0.114. The lowest BCUT2D eigenvalue weighted by atomic mass is 10.1. The summed E-state index contributed by atoms with van der Waals surface area (Å²) in [6.07, 6.45) is 0. The third-order valence-electron chi connectivity index (χ3n) is 4.15. The Kier molecular flexibility index (Phi) is 5.73. The van der Waals surface area contributed by atoms with E-state index in [0.717, 1.165) is 5.56 Å². The molecule has 29 heavy (non-hydrogen) atoms. The van der Waals surface area contributed by atoms with Gasteiger partial charge in [-0.3, -0.25) is 9.59 Å². The van der Waals surface area contributed by atoms with Gasteiger partial charge in [0.1, 0.15) is 5.82 Å². The first-order chi connectivity index (χ1) is 13.9. The van der Waals surface area contributed by atoms with Crippen LogP contribution in [0.1, 0.15) is 33.3 Å². The Labute approximate surface area is 167 Å². The van der Waals surface area contributed by atoms with Crippen molar-refractivity contribution in [3.8, 4) is 5.69 Å². The molecule has 0 aliphatic carbocycles. The number of carbonyl (C=O) groups excluding carboxylic acids is 3. The minimum absolute atomic E-state index is 0.109. The summed E-state index contributed by atoms with van der Waals surface area (Å²) in [5.41, 5.74) is 2.32. The molecular formula is C21H20N4O4. The number of hydrogen-bond acceptors (Lipinski definition) is 5. The Morgan fingerprint density at radius 2 is 1.72 bits per heavy atom. The number of methoxy groups -OCH3 is 1. The van der Waals surface area contributed by atoms with Crippen LogP contribution < -0.4 is 10.6 Å². The van der Waals surface area contributed by atoms with Crippen molar-refractivity contribution >= 4 is 29.3 Å². The summed E-state index contributed by atoms with van der Waals surface area (Å²) in [7, 11) is 1.30. The fourth-order valence-corrected chi connectivity index (χ4v) is 2.75. The molecule has 0 atom stereocenters. The summed E-state index contributed by atoms with van der Waals surface area (Å²) in [5, 5.41) is 9.70. The van der Waals surface area contributed by atoms with Crippen LogP contribution in [0.5, 0.6) is 0 Å². The van der Waals surface area contributed by atoms with E-state index in [0.29, 0.717) is 22.8 Å². The highest BCUT2D eigenvalue weighted by Gasteiger charge is 2.17. The van der Waals surface area contributed by atoms with Crippen LogP contribution in [0.2, 0.25) is 0 Å². The number of nitrogens with zero attached hydrogens (tertiary/aromatic N) is 2. The predicted molar refractivity (Wildman–Crippen MR) is 108 cm³/mol. The number of rotatable bonds is 5. The van der Waals surface area contributed by atoms with Crippen molar-refractivity contribution in [1.82, 2.24) is 9.78 Å². The fourth-order valence-electron chi connectivity index (χ4n) is 2.75. The molecule has 2 amide bonds. The average molecular weight is 392 g/mol. The van der Waals surface area contributed by atoms with Gasteiger partial charge in [0.15, 0.2) is 5.69 Å². The summed E-state index contributed by atoms with van der Waals surface area (Å²) in [6, 6.07) is 15.6. The second-order valence-corrected chi connectivity index (χ2v) is 6.32. The van der Waals surface area contributed by atoms with Gasteiger partial charge in [-0.05, 0) is 36.8 Å². The Balaban J connectivity index is 1.91. The molecule has 0 unspecified atom stereocenters. The number of hydrogen-bond donors (Lipinski definition) is 2. The number of amides is 2. The Morgan fingerprint density at radius 3 is 2.38 bits per heavy atom. The molecule has 2 N–H and O–H groups in total. The molecule has 1 aromatic heterocycles. The predicted octanol–water partition coefficient (Wildman–Crippen LogP) is 3.18. The Bertz CT molecular complexity index is 1070. The zero-order valence-corrected chi connectivity index (χ0v) is 16.2. The number of para-hydroxylation sites is 1. The highest BCUT2D eigenvalue weighted by Crippen LogP contribution is 2.20. The molecule has 8 heteroatoms. The number of benzene rings is 2. The third kappa shape index (κ3) is 4.49. The van der Waals surface area contributed by atoms with Crippen molar-refractivity contribution in [3.63, 3.8) is 0 Å². The second-order valence-electron chi connectivity index (χ2n) is 6.32. The molecule has 0 radical (unpaired) electrons. The highest BCUT2D eigenvalue weighted by molar-refractivity contribution is 6.04. The van der Waals surface area contributed by atoms with Crippen LogP contribution in [0.15, 0.2) is 54.6 Å². The summed E-state index contributed by atoms with van der Waals surface area (Å²) >= 11 is 0. The molecule has 0 bridgehead atoms. The van der Waals surface area contributed by atoms with Gasteiger partial charge in [-0.25, -0.2) is 9.48 Å². The molecular weight excluding hydrogens is 372 g/mol. The zero-order chi connectivity index (χ0) is 21.0. The quantitative estimate of drug-likeness (QED) is 0.649. The fraction of sp³-hybridized carbons (Fsp3) is 0.143. The van der Waals surface area contributed by atoms with Crippen LogP contribution in [0, 0.1) is 6.92 Å². The topological polar surface area (TPSA) is 102 Å². The molecule has 0 saturated heterocycles. The van der Waals surface area contributed by atoms with Gasteiger partial charge >= 0.3 is 5.97 Å². The van der Waals surface area contributed by atoms with Gasteiger partial charge in [0.25, 0.3) is 5.91 Å². The first-order valence-corrected chi connectivity index (χ1v) is 8.82. The minimum atomic E-state index is -0.486. The van der Waals surface area contributed by atoms with Gasteiger partial charge in [0, 0.05) is 18.7 Å². The molecule has 0 aliphatic rings. The van der Waals surface area contributed by atoms with Crippen LogP contribution in [-0.4, -0.2) is 34.7 Å². The lowest BCUT2D eigenvalue weighted by Crippen LogP contribution is -2.14. The molecule has 0 saturated carbocycles. The van der Waals surface area contributed by atoms with Gasteiger partial charge in [-0.2, -0.15) is 5.10 Å². The second kappa shape index (κ2) is 8.39. The maximum atomic E-state index is 12.7. The van der Waals surface area contributed by atoms with E-state index >= 15 is 0 Å². The smallest absolute Gasteiger partial charge is 0.338 e. The van der Waals surface area contributed by atoms with Crippen molar-refractivity contribution in [3.05, 3.63) is 71.4 Å². The van der Waals surface area contributed by atoms with Crippen LogP contribution >= 0.6 is 0 Å². The van der Waals surface area contributed by atoms with Crippen LogP contribution in [0.4, 0.5) is 11.5 Å². The number of aromatic nitrogens is 2. The molecule has 148 valence electrons. The average Bonchev–Trinajstić information content (AvgIpc) is 3.12. The molecule has 1 heterocycles. The van der Waals surface area contributed by atoms with Crippen LogP contribution in [-0.2, 0) is 9.53 Å². The van der Waals surface area contributed by atoms with Gasteiger partial charge in [0.2, 0.25) is 5.91 Å². The first kappa shape index (κ1) is 19.8. The highest BCUT2D eigenvalue weighted by atomic mass is 16.5. The summed E-state index contributed by atoms with van der Waals surface area (Å²) in [5.74, 6) is -0.880. The number of aryl methyl sites for hydroxylation is 1. The normalized spacial score (nSPS) is 10.3. The lowest BCUT2D eigenvalue weighted by Gasteiger charge is -2.08. The molecule has 0 fully saturated rings. The SMILES string of the molecule is COC(=O)c1cc(NC(=O)c2cc(NC(C)=O)n(-c3ccccc3)n2)ccc1C. The van der Waals surface area contributed by atoms with Crippen molar-refractivity contribution in [2.24, 2.45) is 0 Å². The largest absolute Gasteiger partial charge is 0.465 e. The first-order valence-electron chi connectivity index (χ1n) is 8.82. The van der Waals surface area contributed by atoms with Crippen molar-refractivity contribution in [2.75, 3.05) is 17.7 Å². The zero-order valence-electron chi connectivity index (χ0n) is 16.2. The maximum Gasteiger partial charge on any atom is 0.338 e. The number of esters is 1. The standard InChI is InChI=1S/C21H20N4O4/c1-13-9-10-15(11-17(13)21(28)29-3)23-20(27)18-12-19(22-14(2)26)25(24-18)16-7-5-4-6-8-16/h4-12H,1-3H3,(H,22,26)(H,23,27). The van der Waals surface area contributed by atoms with E-state index in [4.69, 9.17) is 4.74 Å². The Hall–Kier alpha value is -3.94. The van der Waals surface area contributed by atoms with Gasteiger partial charge in [-0.1, -0.05) is 24.3 Å². The maximum absolute atomic E-state index is 12.7. The van der Waals surface area contributed by atoms with Gasteiger partial charge in [0.05, 0.1) is 18.4 Å². The van der Waals surface area contributed by atoms with E-state index in [1.807, 2.05) is 30.3 Å². The molecule has 8 nitrogen and oxygen atoms in total. The third-order valence-corrected chi connectivity index (χ3v) is 4.15. The summed E-state index contributed by atoms with van der Waals surface area (Å²) < 4.78 is 6.24. The molecule has 3 aromatic rings. The Morgan fingerprint density at radius 1 is 1.00 bits per heavy atom. The van der Waals surface area contributed by atoms with Crippen molar-refractivity contribution in [1.29, 1.82) is 0 Å². The monoisotopic (exact) mass is 392 g/mol. The van der Waals surface area contributed by atoms with E-state index in [1.54, 1.807) is 25.1 Å². The molecule has 2 aromatic carbocycles. The van der Waals surface area contributed by atoms with Gasteiger partial charge < -0.3 is 15.4 Å². The summed E-state index contributed by atoms with van der Waals surface area (Å²) in [6.45, 7) is 3.15. The van der Waals surface area contributed by atoms with Crippen LogP contribution in [0.25, 0.3) is 5.69 Å². The minimum Gasteiger partial charge on any atom is -0.465 e. The van der Waals surface area contributed by atoms with E-state index < -0.39 is 11.9 Å². The molecule has 0 aliphatic heterocycles. The van der Waals surface area contributed by atoms with Crippen molar-refractivity contribution in [2.45, 2.75) is 13.8 Å². The molecule has 0 spiro atoms. The van der Waals surface area contributed by atoms with Crippen LogP contribution in [0.3, 0.4) is 0 Å². The number of anilines is 2. The van der Waals surface area contributed by atoms with E-state index in [2.05, 4.69) is 15.7 Å². The van der Waals surface area contributed by atoms with E-state index in [9.17, 15) is 14.4 Å². The summed E-state index contributed by atoms with van der Waals surface area (Å²) in [4.78, 5) is 36.1.